The number of amides is 2. The molecular formula is C21H25N5O2. The van der Waals surface area contributed by atoms with E-state index in [2.05, 4.69) is 20.5 Å². The molecule has 2 aromatic rings. The lowest BCUT2D eigenvalue weighted by Gasteiger charge is -2.32. The Hall–Kier alpha value is -2.77. The second-order valence-corrected chi connectivity index (χ2v) is 7.26. The number of nitrogens with one attached hydrogen (secondary N) is 2. The van der Waals surface area contributed by atoms with Crippen molar-refractivity contribution in [3.63, 3.8) is 0 Å². The van der Waals surface area contributed by atoms with Gasteiger partial charge in [0.15, 0.2) is 0 Å². The van der Waals surface area contributed by atoms with Crippen LogP contribution in [0, 0.1) is 0 Å². The first-order valence-electron chi connectivity index (χ1n) is 9.76. The Morgan fingerprint density at radius 1 is 1.07 bits per heavy atom. The summed E-state index contributed by atoms with van der Waals surface area (Å²) in [6, 6.07) is 11.0. The minimum Gasteiger partial charge on any atom is -0.337 e. The van der Waals surface area contributed by atoms with Crippen LogP contribution < -0.4 is 10.6 Å². The maximum absolute atomic E-state index is 13.0. The zero-order valence-corrected chi connectivity index (χ0v) is 15.8. The molecule has 2 N–H and O–H groups in total. The molecule has 28 heavy (non-hydrogen) atoms. The summed E-state index contributed by atoms with van der Waals surface area (Å²) in [5.41, 5.74) is 1.69. The maximum atomic E-state index is 13.0. The van der Waals surface area contributed by atoms with Crippen molar-refractivity contribution >= 4 is 17.5 Å². The van der Waals surface area contributed by atoms with E-state index in [1.165, 1.54) is 6.20 Å². The molecule has 3 heterocycles. The van der Waals surface area contributed by atoms with Crippen molar-refractivity contribution in [3.8, 4) is 0 Å². The molecular weight excluding hydrogens is 354 g/mol. The summed E-state index contributed by atoms with van der Waals surface area (Å²) in [4.78, 5) is 33.6. The van der Waals surface area contributed by atoms with Crippen LogP contribution in [0.3, 0.4) is 0 Å². The highest BCUT2D eigenvalue weighted by atomic mass is 16.2. The van der Waals surface area contributed by atoms with Crippen molar-refractivity contribution in [2.24, 2.45) is 0 Å². The SMILES string of the molecule is O=C(Nc1cccc(C(=O)N2CCC(N3CCNCC3)C2)c1)c1cccnc1. The van der Waals surface area contributed by atoms with Crippen molar-refractivity contribution in [1.82, 2.24) is 20.1 Å². The van der Waals surface area contributed by atoms with Gasteiger partial charge >= 0.3 is 0 Å². The van der Waals surface area contributed by atoms with Gasteiger partial charge in [0.1, 0.15) is 0 Å². The summed E-state index contributed by atoms with van der Waals surface area (Å²) in [5, 5.41) is 6.21. The van der Waals surface area contributed by atoms with Gasteiger partial charge < -0.3 is 15.5 Å². The number of piperazine rings is 1. The molecule has 2 saturated heterocycles. The number of hydrogen-bond acceptors (Lipinski definition) is 5. The number of benzene rings is 1. The molecule has 146 valence electrons. The lowest BCUT2D eigenvalue weighted by Crippen LogP contribution is -2.49. The van der Waals surface area contributed by atoms with Gasteiger partial charge in [0.05, 0.1) is 5.56 Å². The highest BCUT2D eigenvalue weighted by Crippen LogP contribution is 2.20. The van der Waals surface area contributed by atoms with E-state index in [9.17, 15) is 9.59 Å². The topological polar surface area (TPSA) is 77.6 Å². The van der Waals surface area contributed by atoms with Crippen LogP contribution in [0.4, 0.5) is 5.69 Å². The molecule has 0 radical (unpaired) electrons. The van der Waals surface area contributed by atoms with Gasteiger partial charge in [-0.3, -0.25) is 19.5 Å². The molecule has 2 aliphatic heterocycles. The minimum atomic E-state index is -0.238. The molecule has 2 fully saturated rings. The molecule has 2 aliphatic rings. The Bertz CT molecular complexity index is 836. The summed E-state index contributed by atoms with van der Waals surface area (Å²) in [6.45, 7) is 5.67. The van der Waals surface area contributed by atoms with Crippen molar-refractivity contribution in [2.45, 2.75) is 12.5 Å². The smallest absolute Gasteiger partial charge is 0.257 e. The number of anilines is 1. The molecule has 0 aliphatic carbocycles. The number of aromatic nitrogens is 1. The number of carbonyl (C=O) groups is 2. The second kappa shape index (κ2) is 8.50. The van der Waals surface area contributed by atoms with E-state index < -0.39 is 0 Å². The van der Waals surface area contributed by atoms with Crippen LogP contribution in [0.15, 0.2) is 48.8 Å². The fourth-order valence-corrected chi connectivity index (χ4v) is 3.88. The number of pyridine rings is 1. The standard InChI is InChI=1S/C21H25N5O2/c27-20(17-4-2-7-23-14-17)24-18-5-1-3-16(13-18)21(28)26-10-6-19(15-26)25-11-8-22-9-12-25/h1-5,7,13-14,19,22H,6,8-12,15H2,(H,24,27). The van der Waals surface area contributed by atoms with Crippen LogP contribution in [-0.4, -0.2) is 71.9 Å². The lowest BCUT2D eigenvalue weighted by molar-refractivity contribution is 0.0773. The van der Waals surface area contributed by atoms with Crippen LogP contribution in [0.5, 0.6) is 0 Å². The Labute approximate surface area is 164 Å². The van der Waals surface area contributed by atoms with Gasteiger partial charge in [-0.25, -0.2) is 0 Å². The number of carbonyl (C=O) groups excluding carboxylic acids is 2. The zero-order chi connectivity index (χ0) is 19.3. The normalized spacial score (nSPS) is 20.1. The van der Waals surface area contributed by atoms with E-state index in [1.54, 1.807) is 42.6 Å². The van der Waals surface area contributed by atoms with Crippen LogP contribution in [0.2, 0.25) is 0 Å². The number of hydrogen-bond donors (Lipinski definition) is 2. The summed E-state index contributed by atoms with van der Waals surface area (Å²) in [5.74, 6) is -0.215. The monoisotopic (exact) mass is 379 g/mol. The van der Waals surface area contributed by atoms with Gasteiger partial charge in [0.2, 0.25) is 0 Å². The lowest BCUT2D eigenvalue weighted by atomic mass is 10.1. The van der Waals surface area contributed by atoms with Crippen molar-refractivity contribution in [1.29, 1.82) is 0 Å². The van der Waals surface area contributed by atoms with Gasteiger partial charge in [0.25, 0.3) is 11.8 Å². The first kappa shape index (κ1) is 18.6. The Morgan fingerprint density at radius 2 is 1.89 bits per heavy atom. The third-order valence-electron chi connectivity index (χ3n) is 5.41. The highest BCUT2D eigenvalue weighted by molar-refractivity contribution is 6.04. The molecule has 2 amide bonds. The zero-order valence-electron chi connectivity index (χ0n) is 15.8. The average Bonchev–Trinajstić information content (AvgIpc) is 3.25. The number of likely N-dealkylation sites (tertiary alicyclic amines) is 1. The number of rotatable bonds is 4. The van der Waals surface area contributed by atoms with Gasteiger partial charge in [0, 0.05) is 69.0 Å². The third kappa shape index (κ3) is 4.21. The van der Waals surface area contributed by atoms with E-state index in [0.29, 0.717) is 22.9 Å². The molecule has 7 heteroatoms. The van der Waals surface area contributed by atoms with Gasteiger partial charge in [-0.1, -0.05) is 6.07 Å². The Kier molecular flexibility index (Phi) is 5.64. The molecule has 0 spiro atoms. The molecule has 0 bridgehead atoms. The Morgan fingerprint density at radius 3 is 2.68 bits per heavy atom. The second-order valence-electron chi connectivity index (χ2n) is 7.26. The summed E-state index contributed by atoms with van der Waals surface area (Å²) in [6.07, 6.45) is 4.16. The van der Waals surface area contributed by atoms with Crippen LogP contribution >= 0.6 is 0 Å². The highest BCUT2D eigenvalue weighted by Gasteiger charge is 2.31. The van der Waals surface area contributed by atoms with E-state index in [0.717, 1.165) is 45.7 Å². The van der Waals surface area contributed by atoms with E-state index in [4.69, 9.17) is 0 Å². The summed E-state index contributed by atoms with van der Waals surface area (Å²) in [7, 11) is 0. The third-order valence-corrected chi connectivity index (χ3v) is 5.41. The van der Waals surface area contributed by atoms with E-state index in [1.807, 2.05) is 4.90 Å². The fourth-order valence-electron chi connectivity index (χ4n) is 3.88. The largest absolute Gasteiger partial charge is 0.337 e. The molecule has 0 saturated carbocycles. The molecule has 1 aromatic heterocycles. The minimum absolute atomic E-state index is 0.0233. The molecule has 1 aromatic carbocycles. The number of nitrogens with zero attached hydrogens (tertiary/aromatic N) is 3. The van der Waals surface area contributed by atoms with Gasteiger partial charge in [-0.15, -0.1) is 0 Å². The van der Waals surface area contributed by atoms with Crippen LogP contribution in [0.1, 0.15) is 27.1 Å². The fraction of sp³-hybridized carbons (Fsp3) is 0.381. The van der Waals surface area contributed by atoms with Gasteiger partial charge in [-0.05, 0) is 36.8 Å². The van der Waals surface area contributed by atoms with Crippen molar-refractivity contribution in [2.75, 3.05) is 44.6 Å². The van der Waals surface area contributed by atoms with E-state index >= 15 is 0 Å². The molecule has 4 rings (SSSR count). The van der Waals surface area contributed by atoms with Crippen LogP contribution in [0.25, 0.3) is 0 Å². The average molecular weight is 379 g/mol. The van der Waals surface area contributed by atoms with Crippen LogP contribution in [-0.2, 0) is 0 Å². The van der Waals surface area contributed by atoms with Gasteiger partial charge in [-0.2, -0.15) is 0 Å². The Balaban J connectivity index is 1.40. The molecule has 1 atom stereocenters. The summed E-state index contributed by atoms with van der Waals surface area (Å²) >= 11 is 0. The van der Waals surface area contributed by atoms with Crippen molar-refractivity contribution < 1.29 is 9.59 Å². The predicted octanol–water partition coefficient (Wildman–Crippen LogP) is 1.45. The van der Waals surface area contributed by atoms with Crippen molar-refractivity contribution in [3.05, 3.63) is 59.9 Å². The first-order chi connectivity index (χ1) is 13.7. The predicted molar refractivity (Wildman–Crippen MR) is 107 cm³/mol. The first-order valence-corrected chi connectivity index (χ1v) is 9.76. The molecule has 7 nitrogen and oxygen atoms in total. The molecule has 1 unspecified atom stereocenters. The summed E-state index contributed by atoms with van der Waals surface area (Å²) < 4.78 is 0. The maximum Gasteiger partial charge on any atom is 0.257 e. The van der Waals surface area contributed by atoms with E-state index in [-0.39, 0.29) is 11.8 Å². The quantitative estimate of drug-likeness (QED) is 0.841.